The van der Waals surface area contributed by atoms with Gasteiger partial charge < -0.3 is 9.84 Å². The first-order valence-corrected chi connectivity index (χ1v) is 10.8. The van der Waals surface area contributed by atoms with Crippen LogP contribution in [0, 0.1) is 15.9 Å². The van der Waals surface area contributed by atoms with Crippen LogP contribution in [0.25, 0.3) is 11.4 Å². The van der Waals surface area contributed by atoms with E-state index in [0.717, 1.165) is 12.8 Å². The number of carbonyl (C=O) groups is 1. The summed E-state index contributed by atoms with van der Waals surface area (Å²) in [6.45, 7) is 2.97. The Morgan fingerprint density at radius 1 is 1.36 bits per heavy atom. The van der Waals surface area contributed by atoms with Gasteiger partial charge in [-0.3, -0.25) is 19.8 Å². The van der Waals surface area contributed by atoms with Gasteiger partial charge in [-0.1, -0.05) is 28.9 Å². The third-order valence-electron chi connectivity index (χ3n) is 5.67. The third kappa shape index (κ3) is 5.18. The van der Waals surface area contributed by atoms with Crippen molar-refractivity contribution in [3.63, 3.8) is 0 Å². The van der Waals surface area contributed by atoms with Gasteiger partial charge >= 0.3 is 0 Å². The van der Waals surface area contributed by atoms with Crippen LogP contribution in [0.5, 0.6) is 0 Å². The molecule has 0 saturated carbocycles. The molecule has 2 atom stereocenters. The average molecular weight is 474 g/mol. The fourth-order valence-electron chi connectivity index (χ4n) is 3.83. The van der Waals surface area contributed by atoms with Gasteiger partial charge in [-0.05, 0) is 44.5 Å². The summed E-state index contributed by atoms with van der Waals surface area (Å²) in [6, 6.07) is 9.34. The highest BCUT2D eigenvalue weighted by atomic mass is 35.5. The minimum absolute atomic E-state index is 0.0785. The first-order chi connectivity index (χ1) is 15.8. The van der Waals surface area contributed by atoms with E-state index in [1.807, 2.05) is 4.90 Å². The molecule has 0 bridgehead atoms. The molecule has 1 aliphatic rings. The highest BCUT2D eigenvalue weighted by molar-refractivity contribution is 6.33. The van der Waals surface area contributed by atoms with Gasteiger partial charge in [-0.2, -0.15) is 4.98 Å². The van der Waals surface area contributed by atoms with Gasteiger partial charge in [0.05, 0.1) is 27.6 Å². The average Bonchev–Trinajstić information content (AvgIpc) is 3.30. The Balaban J connectivity index is 1.44. The van der Waals surface area contributed by atoms with Crippen LogP contribution in [0.1, 0.15) is 31.6 Å². The Labute approximate surface area is 193 Å². The van der Waals surface area contributed by atoms with Crippen molar-refractivity contribution in [1.82, 2.24) is 15.0 Å². The summed E-state index contributed by atoms with van der Waals surface area (Å²) in [5.74, 6) is -0.0401. The minimum atomic E-state index is -0.548. The highest BCUT2D eigenvalue weighted by Gasteiger charge is 2.31. The van der Waals surface area contributed by atoms with Crippen molar-refractivity contribution < 1.29 is 18.6 Å². The fraction of sp³-hybridized carbons (Fsp3) is 0.318. The number of nitro benzene ring substituents is 1. The number of hydrogen-bond acceptors (Lipinski definition) is 7. The number of nitrogens with one attached hydrogen (secondary N) is 1. The predicted octanol–water partition coefficient (Wildman–Crippen LogP) is 4.64. The molecule has 9 nitrogen and oxygen atoms in total. The van der Waals surface area contributed by atoms with Crippen molar-refractivity contribution in [3.8, 4) is 11.4 Å². The van der Waals surface area contributed by atoms with Gasteiger partial charge in [0, 0.05) is 24.2 Å². The third-order valence-corrected chi connectivity index (χ3v) is 6.00. The van der Waals surface area contributed by atoms with E-state index in [9.17, 15) is 19.3 Å². The number of nitro groups is 1. The van der Waals surface area contributed by atoms with E-state index >= 15 is 0 Å². The summed E-state index contributed by atoms with van der Waals surface area (Å²) in [6.07, 6.45) is 1.63. The summed E-state index contributed by atoms with van der Waals surface area (Å²) < 4.78 is 18.9. The number of amides is 1. The second-order valence-electron chi connectivity index (χ2n) is 7.89. The van der Waals surface area contributed by atoms with Crippen molar-refractivity contribution in [2.24, 2.45) is 0 Å². The van der Waals surface area contributed by atoms with Crippen LogP contribution in [0.4, 0.5) is 15.8 Å². The standard InChI is InChI=1S/C22H21ClFN5O4/c1-13(21(30)25-19-11-17(29(31)32)7-8-18(19)23)28-9-3-5-15(12-28)22-26-20(27-33-22)14-4-2-6-16(24)10-14/h2,4,6-8,10-11,13,15H,3,5,9,12H2,1H3,(H,25,30). The van der Waals surface area contributed by atoms with E-state index in [1.165, 1.54) is 30.3 Å². The number of aromatic nitrogens is 2. The summed E-state index contributed by atoms with van der Waals surface area (Å²) in [4.78, 5) is 29.7. The number of likely N-dealkylation sites (tertiary alicyclic amines) is 1. The quantitative estimate of drug-likeness (QED) is 0.409. The van der Waals surface area contributed by atoms with Crippen LogP contribution in [0.2, 0.25) is 5.02 Å². The molecule has 2 heterocycles. The summed E-state index contributed by atoms with van der Waals surface area (Å²) in [5, 5.41) is 17.9. The lowest BCUT2D eigenvalue weighted by Crippen LogP contribution is -2.46. The number of piperidine rings is 1. The van der Waals surface area contributed by atoms with Gasteiger partial charge in [0.15, 0.2) is 0 Å². The van der Waals surface area contributed by atoms with E-state index in [4.69, 9.17) is 16.1 Å². The van der Waals surface area contributed by atoms with Gasteiger partial charge in [-0.15, -0.1) is 0 Å². The summed E-state index contributed by atoms with van der Waals surface area (Å²) >= 11 is 6.10. The number of nitrogens with zero attached hydrogens (tertiary/aromatic N) is 4. The predicted molar refractivity (Wildman–Crippen MR) is 119 cm³/mol. The van der Waals surface area contributed by atoms with Gasteiger partial charge in [-0.25, -0.2) is 4.39 Å². The number of rotatable bonds is 6. The van der Waals surface area contributed by atoms with Crippen molar-refractivity contribution in [2.45, 2.75) is 31.7 Å². The number of benzene rings is 2. The van der Waals surface area contributed by atoms with Crippen LogP contribution in [0.3, 0.4) is 0 Å². The van der Waals surface area contributed by atoms with Crippen LogP contribution in [-0.4, -0.2) is 45.0 Å². The molecule has 172 valence electrons. The minimum Gasteiger partial charge on any atom is -0.339 e. The molecule has 2 unspecified atom stereocenters. The molecule has 0 radical (unpaired) electrons. The lowest BCUT2D eigenvalue weighted by molar-refractivity contribution is -0.384. The van der Waals surface area contributed by atoms with Gasteiger partial charge in [0.25, 0.3) is 5.69 Å². The fourth-order valence-corrected chi connectivity index (χ4v) is 4.00. The Bertz CT molecular complexity index is 1190. The topological polar surface area (TPSA) is 114 Å². The summed E-state index contributed by atoms with van der Waals surface area (Å²) in [7, 11) is 0. The zero-order chi connectivity index (χ0) is 23.5. The van der Waals surface area contributed by atoms with E-state index in [1.54, 1.807) is 19.1 Å². The first-order valence-electron chi connectivity index (χ1n) is 10.4. The van der Waals surface area contributed by atoms with Crippen LogP contribution in [0.15, 0.2) is 47.0 Å². The monoisotopic (exact) mass is 473 g/mol. The molecule has 0 spiro atoms. The molecule has 0 aliphatic carbocycles. The zero-order valence-corrected chi connectivity index (χ0v) is 18.5. The van der Waals surface area contributed by atoms with E-state index in [0.29, 0.717) is 30.4 Å². The Morgan fingerprint density at radius 3 is 2.94 bits per heavy atom. The molecular weight excluding hydrogens is 453 g/mol. The molecule has 1 saturated heterocycles. The van der Waals surface area contributed by atoms with Crippen molar-refractivity contribution >= 4 is 28.9 Å². The number of anilines is 1. The molecule has 33 heavy (non-hydrogen) atoms. The molecule has 2 aromatic carbocycles. The molecule has 1 aliphatic heterocycles. The summed E-state index contributed by atoms with van der Waals surface area (Å²) in [5.41, 5.74) is 0.554. The van der Waals surface area contributed by atoms with Crippen LogP contribution in [-0.2, 0) is 4.79 Å². The number of non-ortho nitro benzene ring substituents is 1. The molecule has 11 heteroatoms. The van der Waals surface area contributed by atoms with Crippen LogP contribution < -0.4 is 5.32 Å². The largest absolute Gasteiger partial charge is 0.339 e. The first kappa shape index (κ1) is 22.8. The zero-order valence-electron chi connectivity index (χ0n) is 17.7. The van der Waals surface area contributed by atoms with Crippen LogP contribution >= 0.6 is 11.6 Å². The van der Waals surface area contributed by atoms with E-state index < -0.39 is 11.0 Å². The van der Waals surface area contributed by atoms with E-state index in [2.05, 4.69) is 15.5 Å². The lowest BCUT2D eigenvalue weighted by Gasteiger charge is -2.34. The number of halogens is 2. The van der Waals surface area contributed by atoms with E-state index in [-0.39, 0.29) is 34.0 Å². The second-order valence-corrected chi connectivity index (χ2v) is 8.29. The SMILES string of the molecule is CC(C(=O)Nc1cc([N+](=O)[O-])ccc1Cl)N1CCCC(c2nc(-c3cccc(F)c3)no2)C1. The molecule has 1 fully saturated rings. The molecule has 4 rings (SSSR count). The molecule has 3 aromatic rings. The molecule has 1 amide bonds. The Hall–Kier alpha value is -3.37. The number of carbonyl (C=O) groups excluding carboxylic acids is 1. The van der Waals surface area contributed by atoms with Gasteiger partial charge in [0.1, 0.15) is 5.82 Å². The molecule has 1 aromatic heterocycles. The highest BCUT2D eigenvalue weighted by Crippen LogP contribution is 2.30. The van der Waals surface area contributed by atoms with Gasteiger partial charge in [0.2, 0.25) is 17.6 Å². The maximum Gasteiger partial charge on any atom is 0.271 e. The Kier molecular flexibility index (Phi) is 6.66. The van der Waals surface area contributed by atoms with Crippen molar-refractivity contribution in [3.05, 3.63) is 69.3 Å². The Morgan fingerprint density at radius 2 is 2.18 bits per heavy atom. The van der Waals surface area contributed by atoms with Crippen molar-refractivity contribution in [1.29, 1.82) is 0 Å². The molecular formula is C22H21ClFN5O4. The number of hydrogen-bond donors (Lipinski definition) is 1. The maximum atomic E-state index is 13.5. The smallest absolute Gasteiger partial charge is 0.271 e. The van der Waals surface area contributed by atoms with Crippen molar-refractivity contribution in [2.75, 3.05) is 18.4 Å². The second kappa shape index (κ2) is 9.63. The molecule has 1 N–H and O–H groups in total. The maximum absolute atomic E-state index is 13.5. The normalized spacial score (nSPS) is 17.5. The lowest BCUT2D eigenvalue weighted by atomic mass is 9.96.